The van der Waals surface area contributed by atoms with Crippen LogP contribution >= 0.6 is 0 Å². The van der Waals surface area contributed by atoms with Gasteiger partial charge in [0, 0.05) is 24.3 Å². The number of amides is 1. The first-order valence-electron chi connectivity index (χ1n) is 8.93. The van der Waals surface area contributed by atoms with Crippen molar-refractivity contribution in [1.29, 1.82) is 0 Å². The van der Waals surface area contributed by atoms with Gasteiger partial charge in [0.15, 0.2) is 0 Å². The van der Waals surface area contributed by atoms with E-state index in [1.807, 2.05) is 34.6 Å². The van der Waals surface area contributed by atoms with E-state index >= 15 is 0 Å². The van der Waals surface area contributed by atoms with Crippen LogP contribution in [0.5, 0.6) is 0 Å². The second-order valence-corrected chi connectivity index (χ2v) is 8.48. The van der Waals surface area contributed by atoms with Crippen molar-refractivity contribution in [2.24, 2.45) is 5.92 Å². The van der Waals surface area contributed by atoms with Crippen molar-refractivity contribution in [3.05, 3.63) is 11.3 Å². The van der Waals surface area contributed by atoms with Crippen LogP contribution in [0.2, 0.25) is 0 Å². The fraction of sp³-hybridized carbons (Fsp3) is 0.778. The standard InChI is InChI=1S/C18H27F2N3O2/c1-10-14(13-8-18(19,20)9-13)22-23(17(3,4)5)15(10)21-16(24)25-11(2)12-6-7-12/h11-13H,6-9H2,1-5H3,(H,21,24). The molecular formula is C18H27F2N3O2. The second kappa shape index (κ2) is 5.95. The van der Waals surface area contributed by atoms with Crippen molar-refractivity contribution < 1.29 is 18.3 Å². The minimum Gasteiger partial charge on any atom is -0.446 e. The Labute approximate surface area is 147 Å². The van der Waals surface area contributed by atoms with Gasteiger partial charge in [-0.05, 0) is 53.4 Å². The van der Waals surface area contributed by atoms with Crippen LogP contribution in [0.3, 0.4) is 0 Å². The van der Waals surface area contributed by atoms with Gasteiger partial charge in [-0.15, -0.1) is 0 Å². The van der Waals surface area contributed by atoms with Crippen LogP contribution in [0.1, 0.15) is 70.6 Å². The van der Waals surface area contributed by atoms with E-state index in [0.29, 0.717) is 17.4 Å². The third kappa shape index (κ3) is 3.80. The molecule has 1 heterocycles. The Morgan fingerprint density at radius 1 is 1.36 bits per heavy atom. The maximum atomic E-state index is 13.3. The molecule has 1 atom stereocenters. The quantitative estimate of drug-likeness (QED) is 0.843. The zero-order valence-corrected chi connectivity index (χ0v) is 15.5. The van der Waals surface area contributed by atoms with Crippen molar-refractivity contribution in [3.8, 4) is 0 Å². The third-order valence-corrected chi connectivity index (χ3v) is 5.07. The molecule has 5 nitrogen and oxygen atoms in total. The van der Waals surface area contributed by atoms with Crippen molar-refractivity contribution in [2.45, 2.75) is 83.8 Å². The number of anilines is 1. The van der Waals surface area contributed by atoms with Gasteiger partial charge in [0.05, 0.1) is 11.2 Å². The Balaban J connectivity index is 1.81. The predicted octanol–water partition coefficient (Wildman–Crippen LogP) is 4.81. The summed E-state index contributed by atoms with van der Waals surface area (Å²) in [7, 11) is 0. The Hall–Kier alpha value is -1.66. The van der Waals surface area contributed by atoms with E-state index in [0.717, 1.165) is 18.4 Å². The summed E-state index contributed by atoms with van der Waals surface area (Å²) in [5, 5.41) is 7.36. The smallest absolute Gasteiger partial charge is 0.413 e. The highest BCUT2D eigenvalue weighted by Crippen LogP contribution is 2.49. The fourth-order valence-electron chi connectivity index (χ4n) is 3.34. The maximum absolute atomic E-state index is 13.3. The second-order valence-electron chi connectivity index (χ2n) is 8.48. The van der Waals surface area contributed by atoms with E-state index < -0.39 is 12.0 Å². The van der Waals surface area contributed by atoms with Crippen LogP contribution in [0.25, 0.3) is 0 Å². The topological polar surface area (TPSA) is 56.2 Å². The summed E-state index contributed by atoms with van der Waals surface area (Å²) in [6.07, 6.45) is 1.19. The number of hydrogen-bond acceptors (Lipinski definition) is 3. The first-order chi connectivity index (χ1) is 11.5. The molecule has 2 fully saturated rings. The molecule has 1 aromatic rings. The highest BCUT2D eigenvalue weighted by molar-refractivity contribution is 5.85. The van der Waals surface area contributed by atoms with Crippen molar-refractivity contribution >= 4 is 11.9 Å². The molecule has 0 aromatic carbocycles. The van der Waals surface area contributed by atoms with Gasteiger partial charge in [-0.3, -0.25) is 5.32 Å². The molecule has 2 saturated carbocycles. The molecule has 1 amide bonds. The number of aromatic nitrogens is 2. The van der Waals surface area contributed by atoms with Gasteiger partial charge in [0.2, 0.25) is 5.92 Å². The van der Waals surface area contributed by atoms with E-state index in [2.05, 4.69) is 10.4 Å². The number of ether oxygens (including phenoxy) is 1. The molecule has 1 aromatic heterocycles. The molecule has 3 rings (SSSR count). The summed E-state index contributed by atoms with van der Waals surface area (Å²) < 4.78 is 33.7. The number of alkyl halides is 2. The third-order valence-electron chi connectivity index (χ3n) is 5.07. The first-order valence-corrected chi connectivity index (χ1v) is 8.93. The zero-order chi connectivity index (χ0) is 18.6. The van der Waals surface area contributed by atoms with E-state index in [9.17, 15) is 13.6 Å². The molecule has 1 N–H and O–H groups in total. The molecule has 0 spiro atoms. The van der Waals surface area contributed by atoms with Crippen molar-refractivity contribution in [3.63, 3.8) is 0 Å². The Kier molecular flexibility index (Phi) is 4.32. The lowest BCUT2D eigenvalue weighted by Gasteiger charge is -2.34. The number of carbonyl (C=O) groups excluding carboxylic acids is 1. The summed E-state index contributed by atoms with van der Waals surface area (Å²) >= 11 is 0. The van der Waals surface area contributed by atoms with Gasteiger partial charge >= 0.3 is 6.09 Å². The van der Waals surface area contributed by atoms with E-state index in [1.165, 1.54) is 0 Å². The summed E-state index contributed by atoms with van der Waals surface area (Å²) in [4.78, 5) is 12.3. The molecule has 2 aliphatic carbocycles. The molecule has 0 bridgehead atoms. The summed E-state index contributed by atoms with van der Waals surface area (Å²) in [6.45, 7) is 9.60. The van der Waals surface area contributed by atoms with E-state index in [1.54, 1.807) is 4.68 Å². The van der Waals surface area contributed by atoms with Gasteiger partial charge in [-0.1, -0.05) is 0 Å². The molecule has 0 aliphatic heterocycles. The number of hydrogen-bond donors (Lipinski definition) is 1. The number of nitrogens with zero attached hydrogens (tertiary/aromatic N) is 2. The lowest BCUT2D eigenvalue weighted by atomic mass is 9.78. The fourth-order valence-corrected chi connectivity index (χ4v) is 3.34. The van der Waals surface area contributed by atoms with Crippen LogP contribution in [-0.2, 0) is 10.3 Å². The summed E-state index contributed by atoms with van der Waals surface area (Å²) in [6, 6.07) is 0. The maximum Gasteiger partial charge on any atom is 0.413 e. The number of carbonyl (C=O) groups is 1. The molecule has 25 heavy (non-hydrogen) atoms. The number of rotatable bonds is 4. The largest absolute Gasteiger partial charge is 0.446 e. The zero-order valence-electron chi connectivity index (χ0n) is 15.5. The van der Waals surface area contributed by atoms with Crippen LogP contribution in [0.15, 0.2) is 0 Å². The molecular weight excluding hydrogens is 328 g/mol. The Bertz CT molecular complexity index is 667. The Morgan fingerprint density at radius 3 is 2.44 bits per heavy atom. The van der Waals surface area contributed by atoms with Gasteiger partial charge in [0.1, 0.15) is 11.9 Å². The van der Waals surface area contributed by atoms with Crippen LogP contribution in [0.4, 0.5) is 19.4 Å². The van der Waals surface area contributed by atoms with Crippen LogP contribution in [0, 0.1) is 12.8 Å². The molecule has 7 heteroatoms. The average Bonchev–Trinajstić information content (AvgIpc) is 3.22. The van der Waals surface area contributed by atoms with Gasteiger partial charge in [-0.25, -0.2) is 18.3 Å². The highest BCUT2D eigenvalue weighted by atomic mass is 19.3. The van der Waals surface area contributed by atoms with Gasteiger partial charge < -0.3 is 4.74 Å². The number of halogens is 2. The summed E-state index contributed by atoms with van der Waals surface area (Å²) in [5.74, 6) is -1.88. The normalized spacial score (nSPS) is 21.6. The van der Waals surface area contributed by atoms with E-state index in [4.69, 9.17) is 4.74 Å². The monoisotopic (exact) mass is 355 g/mol. The van der Waals surface area contributed by atoms with Gasteiger partial charge in [-0.2, -0.15) is 5.10 Å². The highest BCUT2D eigenvalue weighted by Gasteiger charge is 2.48. The lowest BCUT2D eigenvalue weighted by Crippen LogP contribution is -2.34. The van der Waals surface area contributed by atoms with Crippen LogP contribution in [-0.4, -0.2) is 27.9 Å². The summed E-state index contributed by atoms with van der Waals surface area (Å²) in [5.41, 5.74) is 0.998. The minimum atomic E-state index is -2.60. The first kappa shape index (κ1) is 18.1. The molecule has 0 saturated heterocycles. The lowest BCUT2D eigenvalue weighted by molar-refractivity contribution is -0.0878. The SMILES string of the molecule is Cc1c(C2CC(F)(F)C2)nn(C(C)(C)C)c1NC(=O)OC(C)C1CC1. The molecule has 0 radical (unpaired) electrons. The Morgan fingerprint density at radius 2 is 1.96 bits per heavy atom. The van der Waals surface area contributed by atoms with Crippen molar-refractivity contribution in [1.82, 2.24) is 9.78 Å². The van der Waals surface area contributed by atoms with Crippen molar-refractivity contribution in [2.75, 3.05) is 5.32 Å². The van der Waals surface area contributed by atoms with Gasteiger partial charge in [0.25, 0.3) is 0 Å². The van der Waals surface area contributed by atoms with E-state index in [-0.39, 0.29) is 30.4 Å². The predicted molar refractivity (Wildman–Crippen MR) is 91.2 cm³/mol. The van der Waals surface area contributed by atoms with Crippen LogP contribution < -0.4 is 5.32 Å². The average molecular weight is 355 g/mol. The minimum absolute atomic E-state index is 0.115. The molecule has 2 aliphatic rings. The number of nitrogens with one attached hydrogen (secondary N) is 1. The molecule has 140 valence electrons. The molecule has 1 unspecified atom stereocenters.